The fourth-order valence-corrected chi connectivity index (χ4v) is 1.87. The molecular weight excluding hydrogens is 340 g/mol. The summed E-state index contributed by atoms with van der Waals surface area (Å²) in [6.45, 7) is 2.29. The van der Waals surface area contributed by atoms with Gasteiger partial charge in [-0.15, -0.1) is 0 Å². The van der Waals surface area contributed by atoms with Gasteiger partial charge in [0.2, 0.25) is 0 Å². The van der Waals surface area contributed by atoms with Gasteiger partial charge in [-0.05, 0) is 41.3 Å². The molecule has 0 heterocycles. The van der Waals surface area contributed by atoms with Gasteiger partial charge >= 0.3 is 21.1 Å². The van der Waals surface area contributed by atoms with Gasteiger partial charge in [0, 0.05) is 0 Å². The monoisotopic (exact) mass is 372 g/mol. The molecule has 0 spiro atoms. The number of likely N-dealkylation sites (N-methyl/N-ethyl adjacent to an activating group) is 2. The van der Waals surface area contributed by atoms with E-state index in [1.165, 1.54) is 24.0 Å². The molecule has 0 aliphatic rings. The van der Waals surface area contributed by atoms with Gasteiger partial charge in [0.1, 0.15) is 0 Å². The Bertz CT molecular complexity index is 374. The Labute approximate surface area is 144 Å². The SMILES string of the molecule is CN(C)CC[c-]1cccc1.CN(C)CC[c-]1cccc1.[MoH2]. The van der Waals surface area contributed by atoms with E-state index in [9.17, 15) is 0 Å². The Kier molecular flexibility index (Phi) is 11.5. The zero-order valence-corrected chi connectivity index (χ0v) is 16.3. The van der Waals surface area contributed by atoms with Crippen LogP contribution in [0.3, 0.4) is 0 Å². The molecule has 0 saturated carbocycles. The Morgan fingerprint density at radius 3 is 1.14 bits per heavy atom. The molecule has 0 bridgehead atoms. The van der Waals surface area contributed by atoms with E-state index in [1.807, 2.05) is 0 Å². The van der Waals surface area contributed by atoms with Crippen molar-refractivity contribution in [2.75, 3.05) is 41.3 Å². The molecule has 0 atom stereocenters. The van der Waals surface area contributed by atoms with Crippen LogP contribution < -0.4 is 0 Å². The zero-order valence-electron chi connectivity index (χ0n) is 13.8. The summed E-state index contributed by atoms with van der Waals surface area (Å²) >= 11 is 0. The minimum absolute atomic E-state index is 0. The van der Waals surface area contributed by atoms with Crippen molar-refractivity contribution in [2.24, 2.45) is 0 Å². The van der Waals surface area contributed by atoms with Crippen LogP contribution in [0.15, 0.2) is 48.5 Å². The van der Waals surface area contributed by atoms with E-state index in [0.29, 0.717) is 0 Å². The first-order valence-electron chi connectivity index (χ1n) is 7.28. The molecule has 0 saturated heterocycles. The molecule has 0 radical (unpaired) electrons. The molecule has 0 aliphatic carbocycles. The van der Waals surface area contributed by atoms with E-state index in [-0.39, 0.29) is 21.1 Å². The fraction of sp³-hybridized carbons (Fsp3) is 0.444. The summed E-state index contributed by atoms with van der Waals surface area (Å²) in [6, 6.07) is 17.0. The second kappa shape index (κ2) is 11.9. The first kappa shape index (κ1) is 20.3. The molecule has 0 amide bonds. The van der Waals surface area contributed by atoms with Crippen molar-refractivity contribution >= 4 is 0 Å². The predicted molar refractivity (Wildman–Crippen MR) is 91.4 cm³/mol. The quantitative estimate of drug-likeness (QED) is 0.570. The molecule has 2 aromatic rings. The van der Waals surface area contributed by atoms with Crippen LogP contribution in [-0.4, -0.2) is 51.1 Å². The number of hydrogen-bond acceptors (Lipinski definition) is 2. The van der Waals surface area contributed by atoms with E-state index in [1.54, 1.807) is 0 Å². The molecule has 2 aromatic carbocycles. The Balaban J connectivity index is 0.000000364. The average Bonchev–Trinajstić information content (AvgIpc) is 3.08. The summed E-state index contributed by atoms with van der Waals surface area (Å²) in [6.07, 6.45) is 2.33. The van der Waals surface area contributed by atoms with Crippen molar-refractivity contribution in [3.05, 3.63) is 59.7 Å². The van der Waals surface area contributed by atoms with Crippen LogP contribution >= 0.6 is 0 Å². The molecule has 21 heavy (non-hydrogen) atoms. The molecule has 0 fully saturated rings. The first-order valence-corrected chi connectivity index (χ1v) is 7.28. The van der Waals surface area contributed by atoms with E-state index >= 15 is 0 Å². The van der Waals surface area contributed by atoms with Crippen LogP contribution in [0.2, 0.25) is 0 Å². The minimum atomic E-state index is 0. The van der Waals surface area contributed by atoms with E-state index in [0.717, 1.165) is 13.1 Å². The van der Waals surface area contributed by atoms with Crippen LogP contribution in [0.25, 0.3) is 0 Å². The summed E-state index contributed by atoms with van der Waals surface area (Å²) in [5.74, 6) is 0. The third kappa shape index (κ3) is 10.6. The van der Waals surface area contributed by atoms with Crippen molar-refractivity contribution in [1.82, 2.24) is 9.80 Å². The van der Waals surface area contributed by atoms with Gasteiger partial charge in [-0.3, -0.25) is 0 Å². The Morgan fingerprint density at radius 1 is 0.619 bits per heavy atom. The Morgan fingerprint density at radius 2 is 0.905 bits per heavy atom. The van der Waals surface area contributed by atoms with E-state index < -0.39 is 0 Å². The van der Waals surface area contributed by atoms with Crippen molar-refractivity contribution in [2.45, 2.75) is 12.8 Å². The molecular formula is C18H30MoN2-2. The molecule has 0 unspecified atom stereocenters. The number of nitrogens with zero attached hydrogens (tertiary/aromatic N) is 2. The standard InChI is InChI=1S/2C9H14N.Mo.2H/c2*1-10(2)8-7-9-5-3-4-6-9;;;/h2*3-6H,7-8H2,1-2H3;;;/q2*-1;;;. The van der Waals surface area contributed by atoms with Crippen LogP contribution in [-0.2, 0) is 33.9 Å². The van der Waals surface area contributed by atoms with Crippen LogP contribution in [0.1, 0.15) is 11.1 Å². The molecule has 0 aliphatic heterocycles. The normalized spacial score (nSPS) is 10.2. The molecule has 2 nitrogen and oxygen atoms in total. The van der Waals surface area contributed by atoms with Crippen LogP contribution in [0.4, 0.5) is 0 Å². The third-order valence-corrected chi connectivity index (χ3v) is 3.16. The van der Waals surface area contributed by atoms with Crippen molar-refractivity contribution < 1.29 is 21.1 Å². The van der Waals surface area contributed by atoms with Crippen molar-refractivity contribution in [1.29, 1.82) is 0 Å². The summed E-state index contributed by atoms with van der Waals surface area (Å²) in [5, 5.41) is 0. The second-order valence-corrected chi connectivity index (χ2v) is 5.69. The zero-order chi connectivity index (χ0) is 14.8. The fourth-order valence-electron chi connectivity index (χ4n) is 1.87. The maximum atomic E-state index is 2.20. The number of rotatable bonds is 6. The van der Waals surface area contributed by atoms with Gasteiger partial charge in [0.15, 0.2) is 0 Å². The summed E-state index contributed by atoms with van der Waals surface area (Å²) in [7, 11) is 8.40. The Hall–Kier alpha value is -0.692. The van der Waals surface area contributed by atoms with Crippen LogP contribution in [0, 0.1) is 0 Å². The van der Waals surface area contributed by atoms with Gasteiger partial charge < -0.3 is 9.80 Å². The van der Waals surface area contributed by atoms with E-state index in [2.05, 4.69) is 86.5 Å². The third-order valence-electron chi connectivity index (χ3n) is 3.16. The summed E-state index contributed by atoms with van der Waals surface area (Å²) < 4.78 is 0. The van der Waals surface area contributed by atoms with Gasteiger partial charge in [-0.25, -0.2) is 24.3 Å². The number of hydrogen-bond donors (Lipinski definition) is 0. The molecule has 2 rings (SSSR count). The predicted octanol–water partition coefficient (Wildman–Crippen LogP) is 2.48. The van der Waals surface area contributed by atoms with Gasteiger partial charge in [-0.2, -0.15) is 35.4 Å². The summed E-state index contributed by atoms with van der Waals surface area (Å²) in [4.78, 5) is 4.40. The molecule has 120 valence electrons. The molecule has 0 N–H and O–H groups in total. The van der Waals surface area contributed by atoms with Gasteiger partial charge in [0.25, 0.3) is 0 Å². The van der Waals surface area contributed by atoms with E-state index in [4.69, 9.17) is 0 Å². The second-order valence-electron chi connectivity index (χ2n) is 5.69. The van der Waals surface area contributed by atoms with Crippen molar-refractivity contribution in [3.8, 4) is 0 Å². The van der Waals surface area contributed by atoms with Gasteiger partial charge in [0.05, 0.1) is 0 Å². The topological polar surface area (TPSA) is 6.48 Å². The first-order chi connectivity index (χ1) is 9.58. The molecule has 0 aromatic heterocycles. The van der Waals surface area contributed by atoms with Crippen molar-refractivity contribution in [3.63, 3.8) is 0 Å². The molecule has 3 heteroatoms. The van der Waals surface area contributed by atoms with Gasteiger partial charge in [-0.1, -0.05) is 12.8 Å². The van der Waals surface area contributed by atoms with Crippen LogP contribution in [0.5, 0.6) is 0 Å². The summed E-state index contributed by atoms with van der Waals surface area (Å²) in [5.41, 5.74) is 2.88. The maximum absolute atomic E-state index is 2.20. The average molecular weight is 370 g/mol.